The monoisotopic (exact) mass is 210 g/mol. The van der Waals surface area contributed by atoms with Gasteiger partial charge in [0.1, 0.15) is 11.4 Å². The zero-order valence-electron chi connectivity index (χ0n) is 7.60. The van der Waals surface area contributed by atoms with Crippen LogP contribution in [-0.4, -0.2) is 28.7 Å². The van der Waals surface area contributed by atoms with Crippen LogP contribution >= 0.6 is 11.6 Å². The molecule has 0 radical (unpaired) electrons. The van der Waals surface area contributed by atoms with Gasteiger partial charge in [-0.25, -0.2) is 0 Å². The summed E-state index contributed by atoms with van der Waals surface area (Å²) >= 11 is 5.73. The zero-order chi connectivity index (χ0) is 9.19. The largest absolute Gasteiger partial charge is 0.488 e. The number of halogens is 1. The highest BCUT2D eigenvalue weighted by Gasteiger charge is 2.10. The molecule has 0 saturated heterocycles. The van der Waals surface area contributed by atoms with E-state index in [9.17, 15) is 0 Å². The molecule has 3 heteroatoms. The van der Waals surface area contributed by atoms with E-state index in [1.54, 1.807) is 0 Å². The second-order valence-electron chi connectivity index (χ2n) is 3.67. The Kier molecular flexibility index (Phi) is 5.11. The molecule has 13 heavy (non-hydrogen) atoms. The molecule has 0 bridgehead atoms. The molecular formula is C10H15ClMgO. The number of rotatable bonds is 1. The van der Waals surface area contributed by atoms with Crippen LogP contribution in [0.25, 0.3) is 0 Å². The van der Waals surface area contributed by atoms with Crippen molar-refractivity contribution in [2.75, 3.05) is 0 Å². The van der Waals surface area contributed by atoms with E-state index in [2.05, 4.69) is 0 Å². The zero-order valence-corrected chi connectivity index (χ0v) is 8.35. The van der Waals surface area contributed by atoms with Crippen molar-refractivity contribution in [2.45, 2.75) is 26.4 Å². The predicted octanol–water partition coefficient (Wildman–Crippen LogP) is 2.60. The van der Waals surface area contributed by atoms with Crippen molar-refractivity contribution < 1.29 is 4.74 Å². The van der Waals surface area contributed by atoms with Gasteiger partial charge in [-0.1, -0.05) is 11.6 Å². The second kappa shape index (κ2) is 5.08. The summed E-state index contributed by atoms with van der Waals surface area (Å²) in [4.78, 5) is 0. The van der Waals surface area contributed by atoms with Gasteiger partial charge in [-0.3, -0.25) is 0 Å². The van der Waals surface area contributed by atoms with Crippen molar-refractivity contribution in [1.29, 1.82) is 0 Å². The van der Waals surface area contributed by atoms with Gasteiger partial charge in [-0.05, 0) is 45.0 Å². The summed E-state index contributed by atoms with van der Waals surface area (Å²) in [6.07, 6.45) is 0. The van der Waals surface area contributed by atoms with Crippen LogP contribution in [-0.2, 0) is 0 Å². The highest BCUT2D eigenvalue weighted by atomic mass is 35.5. The van der Waals surface area contributed by atoms with Crippen molar-refractivity contribution in [2.24, 2.45) is 0 Å². The van der Waals surface area contributed by atoms with Crippen LogP contribution in [0.15, 0.2) is 24.3 Å². The standard InChI is InChI=1S/C10H13ClO.Mg.2H/c1-10(2,3)12-9-6-4-8(11)5-7-9;;;/h4-7H,1-3H3;;;. The fraction of sp³-hybridized carbons (Fsp3) is 0.400. The maximum atomic E-state index is 5.73. The number of benzene rings is 1. The number of hydrogen-bond acceptors (Lipinski definition) is 1. The molecule has 0 aliphatic rings. The molecule has 1 rings (SSSR count). The summed E-state index contributed by atoms with van der Waals surface area (Å²) in [5.74, 6) is 0.854. The van der Waals surface area contributed by atoms with E-state index in [0.29, 0.717) is 0 Å². The first-order valence-electron chi connectivity index (χ1n) is 3.92. The van der Waals surface area contributed by atoms with E-state index in [1.807, 2.05) is 45.0 Å². The molecule has 1 nitrogen and oxygen atoms in total. The molecule has 0 heterocycles. The lowest BCUT2D eigenvalue weighted by atomic mass is 10.2. The van der Waals surface area contributed by atoms with Gasteiger partial charge in [0.25, 0.3) is 0 Å². The SMILES string of the molecule is CC(C)(C)Oc1ccc(Cl)cc1.[MgH2]. The van der Waals surface area contributed by atoms with Gasteiger partial charge in [-0.2, -0.15) is 0 Å². The molecule has 1 aromatic carbocycles. The maximum absolute atomic E-state index is 5.73. The van der Waals surface area contributed by atoms with Crippen LogP contribution in [0.5, 0.6) is 5.75 Å². The smallest absolute Gasteiger partial charge is 0.316 e. The van der Waals surface area contributed by atoms with E-state index in [4.69, 9.17) is 16.3 Å². The van der Waals surface area contributed by atoms with Gasteiger partial charge in [0, 0.05) is 5.02 Å². The minimum absolute atomic E-state index is 0. The predicted molar refractivity (Wildman–Crippen MR) is 60.4 cm³/mol. The van der Waals surface area contributed by atoms with E-state index >= 15 is 0 Å². The van der Waals surface area contributed by atoms with Crippen molar-refractivity contribution in [3.8, 4) is 5.75 Å². The van der Waals surface area contributed by atoms with Crippen molar-refractivity contribution >= 4 is 34.7 Å². The number of ether oxygens (including phenoxy) is 1. The molecule has 0 aliphatic carbocycles. The normalized spacial score (nSPS) is 10.5. The lowest BCUT2D eigenvalue weighted by molar-refractivity contribution is 0.131. The van der Waals surface area contributed by atoms with Crippen LogP contribution in [0.3, 0.4) is 0 Å². The summed E-state index contributed by atoms with van der Waals surface area (Å²) in [5, 5.41) is 0.733. The average molecular weight is 211 g/mol. The summed E-state index contributed by atoms with van der Waals surface area (Å²) < 4.78 is 5.60. The summed E-state index contributed by atoms with van der Waals surface area (Å²) in [6.45, 7) is 6.05. The average Bonchev–Trinajstić information content (AvgIpc) is 1.91. The molecule has 70 valence electrons. The van der Waals surface area contributed by atoms with Crippen LogP contribution in [0.1, 0.15) is 20.8 Å². The Morgan fingerprint density at radius 3 is 1.92 bits per heavy atom. The topological polar surface area (TPSA) is 9.23 Å². The Bertz CT molecular complexity index is 251. The number of hydrogen-bond donors (Lipinski definition) is 0. The van der Waals surface area contributed by atoms with E-state index in [1.165, 1.54) is 0 Å². The maximum Gasteiger partial charge on any atom is 0.316 e. The van der Waals surface area contributed by atoms with Crippen molar-refractivity contribution in [1.82, 2.24) is 0 Å². The Labute approximate surface area is 101 Å². The lowest BCUT2D eigenvalue weighted by Gasteiger charge is -2.21. The Morgan fingerprint density at radius 1 is 1.08 bits per heavy atom. The second-order valence-corrected chi connectivity index (χ2v) is 4.10. The van der Waals surface area contributed by atoms with Crippen LogP contribution in [0.4, 0.5) is 0 Å². The molecule has 0 unspecified atom stereocenters. The van der Waals surface area contributed by atoms with Crippen LogP contribution in [0, 0.1) is 0 Å². The van der Waals surface area contributed by atoms with E-state index in [-0.39, 0.29) is 28.7 Å². The van der Waals surface area contributed by atoms with Gasteiger partial charge in [0.2, 0.25) is 0 Å². The van der Waals surface area contributed by atoms with Crippen LogP contribution in [0.2, 0.25) is 5.02 Å². The molecule has 0 N–H and O–H groups in total. The van der Waals surface area contributed by atoms with Crippen molar-refractivity contribution in [3.05, 3.63) is 29.3 Å². The lowest BCUT2D eigenvalue weighted by Crippen LogP contribution is -2.22. The minimum atomic E-state index is -0.145. The van der Waals surface area contributed by atoms with Gasteiger partial charge < -0.3 is 4.74 Å². The molecule has 0 amide bonds. The quantitative estimate of drug-likeness (QED) is 0.648. The molecular weight excluding hydrogens is 196 g/mol. The fourth-order valence-corrected chi connectivity index (χ4v) is 0.982. The summed E-state index contributed by atoms with van der Waals surface area (Å²) in [5.41, 5.74) is -0.145. The first-order chi connectivity index (χ1) is 5.47. The molecule has 0 aromatic heterocycles. The van der Waals surface area contributed by atoms with E-state index in [0.717, 1.165) is 10.8 Å². The molecule has 0 spiro atoms. The molecule has 1 aromatic rings. The summed E-state index contributed by atoms with van der Waals surface area (Å²) in [6, 6.07) is 7.38. The summed E-state index contributed by atoms with van der Waals surface area (Å²) in [7, 11) is 0. The fourth-order valence-electron chi connectivity index (χ4n) is 0.856. The minimum Gasteiger partial charge on any atom is -0.488 e. The van der Waals surface area contributed by atoms with Gasteiger partial charge in [0.05, 0.1) is 0 Å². The van der Waals surface area contributed by atoms with Gasteiger partial charge in [0.15, 0.2) is 0 Å². The molecule has 0 atom stereocenters. The Balaban J connectivity index is 0.00000144. The Hall–Kier alpha value is 0.0762. The van der Waals surface area contributed by atoms with Crippen molar-refractivity contribution in [3.63, 3.8) is 0 Å². The molecule has 0 aliphatic heterocycles. The first-order valence-corrected chi connectivity index (χ1v) is 4.30. The van der Waals surface area contributed by atoms with Crippen LogP contribution < -0.4 is 4.74 Å². The Morgan fingerprint density at radius 2 is 1.54 bits per heavy atom. The third kappa shape index (κ3) is 5.39. The highest BCUT2D eigenvalue weighted by Crippen LogP contribution is 2.19. The third-order valence-corrected chi connectivity index (χ3v) is 1.49. The first kappa shape index (κ1) is 13.1. The van der Waals surface area contributed by atoms with Gasteiger partial charge >= 0.3 is 23.1 Å². The molecule has 0 fully saturated rings. The third-order valence-electron chi connectivity index (χ3n) is 1.24. The highest BCUT2D eigenvalue weighted by molar-refractivity contribution is 6.30. The van der Waals surface area contributed by atoms with Gasteiger partial charge in [-0.15, -0.1) is 0 Å². The van der Waals surface area contributed by atoms with E-state index < -0.39 is 0 Å². The molecule has 0 saturated carbocycles.